The summed E-state index contributed by atoms with van der Waals surface area (Å²) in [5.74, 6) is -0.187. The lowest BCUT2D eigenvalue weighted by atomic mass is 9.86. The maximum absolute atomic E-state index is 12.4. The van der Waals surface area contributed by atoms with Crippen LogP contribution in [0.4, 0.5) is 17.2 Å². The second-order valence-electron chi connectivity index (χ2n) is 11.0. The summed E-state index contributed by atoms with van der Waals surface area (Å²) in [5, 5.41) is 27.7. The third kappa shape index (κ3) is 7.49. The van der Waals surface area contributed by atoms with Crippen LogP contribution < -0.4 is 25.0 Å². The highest BCUT2D eigenvalue weighted by Gasteiger charge is 2.30. The Kier molecular flexibility index (Phi) is 9.47. The molecule has 1 aliphatic rings. The number of rotatable bonds is 11. The number of hydrogen-bond acceptors (Lipinski definition) is 13. The number of anilines is 2. The average molecular weight is 603 g/mol. The smallest absolute Gasteiger partial charge is 0.373 e. The molecule has 0 saturated carbocycles. The Labute approximate surface area is 254 Å². The number of nitriles is 1. The predicted molar refractivity (Wildman–Crippen MR) is 164 cm³/mol. The molecule has 0 aliphatic carbocycles. The highest BCUT2D eigenvalue weighted by Crippen LogP contribution is 2.40. The van der Waals surface area contributed by atoms with Gasteiger partial charge in [-0.05, 0) is 36.6 Å². The highest BCUT2D eigenvalue weighted by molar-refractivity contribution is 6.01. The number of hydrogen-bond donors (Lipinski definition) is 2. The largest absolute Gasteiger partial charge is 0.465 e. The molecule has 14 heteroatoms. The Hall–Kier alpha value is -5.45. The molecule has 2 heterocycles. The van der Waals surface area contributed by atoms with Crippen molar-refractivity contribution in [1.82, 2.24) is 15.3 Å². The van der Waals surface area contributed by atoms with Gasteiger partial charge in [-0.3, -0.25) is 19.9 Å². The summed E-state index contributed by atoms with van der Waals surface area (Å²) in [6.07, 6.45) is 0. The molecule has 14 nitrogen and oxygen atoms in total. The van der Waals surface area contributed by atoms with E-state index in [1.807, 2.05) is 45.8 Å². The van der Waals surface area contributed by atoms with Gasteiger partial charge in [0.2, 0.25) is 5.82 Å². The summed E-state index contributed by atoms with van der Waals surface area (Å²) in [4.78, 5) is 38.6. The molecule has 3 aromatic rings. The third-order valence-corrected chi connectivity index (χ3v) is 6.41. The van der Waals surface area contributed by atoms with Crippen LogP contribution in [0.25, 0.3) is 0 Å². The van der Waals surface area contributed by atoms with Gasteiger partial charge in [-0.2, -0.15) is 15.2 Å². The van der Waals surface area contributed by atoms with E-state index in [0.717, 1.165) is 16.8 Å². The number of nitrogens with one attached hydrogen (secondary N) is 2. The Balaban J connectivity index is 1.85. The molecule has 230 valence electrons. The Morgan fingerprint density at radius 1 is 1.18 bits per heavy atom. The Morgan fingerprint density at radius 2 is 1.95 bits per heavy atom. The van der Waals surface area contributed by atoms with Crippen molar-refractivity contribution in [2.24, 2.45) is 4.99 Å². The van der Waals surface area contributed by atoms with Crippen molar-refractivity contribution in [3.8, 4) is 29.5 Å². The maximum Gasteiger partial charge on any atom is 0.373 e. The van der Waals surface area contributed by atoms with Crippen molar-refractivity contribution in [2.45, 2.75) is 33.1 Å². The number of nitrogens with zero attached hydrogens (tertiary/aromatic N) is 6. The third-order valence-electron chi connectivity index (χ3n) is 6.41. The minimum Gasteiger partial charge on any atom is -0.465 e. The summed E-state index contributed by atoms with van der Waals surface area (Å²) in [6.45, 7) is 8.59. The fourth-order valence-electron chi connectivity index (χ4n) is 4.32. The molecule has 4 rings (SSSR count). The first-order valence-electron chi connectivity index (χ1n) is 13.9. The molecule has 0 fully saturated rings. The number of carbonyl (C=O) groups is 1. The van der Waals surface area contributed by atoms with Gasteiger partial charge >= 0.3 is 23.5 Å². The maximum atomic E-state index is 12.4. The zero-order valence-corrected chi connectivity index (χ0v) is 25.4. The van der Waals surface area contributed by atoms with Crippen LogP contribution >= 0.6 is 0 Å². The van der Waals surface area contributed by atoms with Gasteiger partial charge in [0, 0.05) is 43.5 Å². The molecule has 0 bridgehead atoms. The van der Waals surface area contributed by atoms with Crippen LogP contribution in [0.15, 0.2) is 41.4 Å². The van der Waals surface area contributed by atoms with E-state index in [0.29, 0.717) is 24.5 Å². The molecule has 2 aromatic carbocycles. The molecule has 0 amide bonds. The van der Waals surface area contributed by atoms with Gasteiger partial charge in [-0.25, -0.2) is 0 Å². The number of benzene rings is 2. The first-order valence-corrected chi connectivity index (χ1v) is 13.9. The minimum atomic E-state index is -0.706. The normalized spacial score (nSPS) is 12.4. The van der Waals surface area contributed by atoms with E-state index >= 15 is 0 Å². The zero-order chi connectivity index (χ0) is 32.0. The van der Waals surface area contributed by atoms with Crippen LogP contribution in [0.5, 0.6) is 23.4 Å². The standard InChI is InChI=1S/C30H34N8O6/c1-7-42-24(39)17-34-27-25(38(40)41)28(43-21-14-19(26-32-10-11-33-26)13-20(15-21)37(5)6)36-29(35-27)44-23-12-18(16-31)8-9-22(23)30(2,3)4/h8-9,12-15H,7,10-11,17H2,1-6H3,(H,32,33)(H,34,35,36). The molecule has 2 N–H and O–H groups in total. The summed E-state index contributed by atoms with van der Waals surface area (Å²) < 4.78 is 17.1. The Morgan fingerprint density at radius 3 is 2.57 bits per heavy atom. The lowest BCUT2D eigenvalue weighted by Gasteiger charge is -2.22. The van der Waals surface area contributed by atoms with E-state index in [9.17, 15) is 20.2 Å². The fraction of sp³-hybridized carbons (Fsp3) is 0.367. The monoisotopic (exact) mass is 602 g/mol. The number of ether oxygens (including phenoxy) is 3. The average Bonchev–Trinajstić information content (AvgIpc) is 3.50. The number of amidine groups is 1. The quantitative estimate of drug-likeness (QED) is 0.178. The van der Waals surface area contributed by atoms with E-state index in [4.69, 9.17) is 14.2 Å². The summed E-state index contributed by atoms with van der Waals surface area (Å²) in [6, 6.07) is 12.1. The van der Waals surface area contributed by atoms with E-state index < -0.39 is 34.4 Å². The molecule has 0 unspecified atom stereocenters. The van der Waals surface area contributed by atoms with Crippen molar-refractivity contribution < 1.29 is 23.9 Å². The van der Waals surface area contributed by atoms with Gasteiger partial charge in [-0.15, -0.1) is 0 Å². The van der Waals surface area contributed by atoms with Gasteiger partial charge < -0.3 is 29.7 Å². The first kappa shape index (κ1) is 31.5. The van der Waals surface area contributed by atoms with E-state index in [1.54, 1.807) is 37.3 Å². The van der Waals surface area contributed by atoms with Crippen LogP contribution in [0.2, 0.25) is 0 Å². The van der Waals surface area contributed by atoms with Crippen molar-refractivity contribution in [3.05, 3.63) is 63.2 Å². The van der Waals surface area contributed by atoms with Gasteiger partial charge in [0.15, 0.2) is 0 Å². The SMILES string of the molecule is CCOC(=O)CNc1nc(Oc2cc(C#N)ccc2C(C)(C)C)nc(Oc2cc(C3=NCCN3)cc(N(C)C)c2)c1[N+](=O)[O-]. The molecule has 44 heavy (non-hydrogen) atoms. The molecule has 0 spiro atoms. The molecule has 0 radical (unpaired) electrons. The van der Waals surface area contributed by atoms with E-state index in [-0.39, 0.29) is 29.9 Å². The number of carbonyl (C=O) groups excluding carboxylic acids is 1. The zero-order valence-electron chi connectivity index (χ0n) is 25.4. The number of aromatic nitrogens is 2. The number of esters is 1. The van der Waals surface area contributed by atoms with Gasteiger partial charge in [-0.1, -0.05) is 26.8 Å². The summed E-state index contributed by atoms with van der Waals surface area (Å²) >= 11 is 0. The number of nitro groups is 1. The van der Waals surface area contributed by atoms with Crippen molar-refractivity contribution in [1.29, 1.82) is 5.26 Å². The van der Waals surface area contributed by atoms with Crippen molar-refractivity contribution >= 4 is 29.0 Å². The molecule has 1 aliphatic heterocycles. The van der Waals surface area contributed by atoms with Crippen molar-refractivity contribution in [3.63, 3.8) is 0 Å². The van der Waals surface area contributed by atoms with E-state index in [2.05, 4.69) is 31.7 Å². The Bertz CT molecular complexity index is 1640. The highest BCUT2D eigenvalue weighted by atomic mass is 16.6. The topological polar surface area (TPSA) is 177 Å². The van der Waals surface area contributed by atoms with Crippen LogP contribution in [0, 0.1) is 21.4 Å². The molecule has 0 atom stereocenters. The predicted octanol–water partition coefficient (Wildman–Crippen LogP) is 4.53. The lowest BCUT2D eigenvalue weighted by Crippen LogP contribution is -2.20. The molecule has 1 aromatic heterocycles. The van der Waals surface area contributed by atoms with Gasteiger partial charge in [0.05, 0.1) is 29.7 Å². The van der Waals surface area contributed by atoms with E-state index in [1.165, 1.54) is 0 Å². The fourth-order valence-corrected chi connectivity index (χ4v) is 4.32. The summed E-state index contributed by atoms with van der Waals surface area (Å²) in [7, 11) is 3.71. The van der Waals surface area contributed by atoms with Crippen LogP contribution in [0.3, 0.4) is 0 Å². The molecule has 0 saturated heterocycles. The number of aliphatic imine (C=N–C) groups is 1. The van der Waals surface area contributed by atoms with Crippen LogP contribution in [0.1, 0.15) is 44.4 Å². The van der Waals surface area contributed by atoms with Gasteiger partial charge in [0.1, 0.15) is 23.9 Å². The molecular formula is C30H34N8O6. The van der Waals surface area contributed by atoms with Gasteiger partial charge in [0.25, 0.3) is 0 Å². The second kappa shape index (κ2) is 13.2. The lowest BCUT2D eigenvalue weighted by molar-refractivity contribution is -0.385. The van der Waals surface area contributed by atoms with Crippen molar-refractivity contribution in [2.75, 3.05) is 50.6 Å². The second-order valence-corrected chi connectivity index (χ2v) is 11.0. The summed E-state index contributed by atoms with van der Waals surface area (Å²) in [5.41, 5.74) is 1.55. The van der Waals surface area contributed by atoms with Crippen LogP contribution in [-0.4, -0.2) is 67.0 Å². The first-order chi connectivity index (χ1) is 20.9. The molecular weight excluding hydrogens is 568 g/mol. The minimum absolute atomic E-state index is 0.130. The van der Waals surface area contributed by atoms with Crippen LogP contribution in [-0.2, 0) is 14.9 Å².